The highest BCUT2D eigenvalue weighted by atomic mass is 35.5. The van der Waals surface area contributed by atoms with E-state index in [1.54, 1.807) is 0 Å². The molecule has 5 nitrogen and oxygen atoms in total. The predicted molar refractivity (Wildman–Crippen MR) is 138 cm³/mol. The van der Waals surface area contributed by atoms with Gasteiger partial charge in [0.15, 0.2) is 0 Å². The van der Waals surface area contributed by atoms with Gasteiger partial charge in [-0.1, -0.05) is 35.9 Å². The van der Waals surface area contributed by atoms with Crippen molar-refractivity contribution in [2.24, 2.45) is 5.92 Å². The van der Waals surface area contributed by atoms with Crippen molar-refractivity contribution in [2.45, 2.75) is 37.6 Å². The van der Waals surface area contributed by atoms with E-state index in [0.717, 1.165) is 41.2 Å². The molecule has 0 spiro atoms. The van der Waals surface area contributed by atoms with E-state index in [4.69, 9.17) is 21.1 Å². The Balaban J connectivity index is 1.14. The molecule has 2 saturated heterocycles. The molecule has 2 N–H and O–H groups in total. The van der Waals surface area contributed by atoms with Crippen molar-refractivity contribution in [3.8, 4) is 5.75 Å². The second kappa shape index (κ2) is 11.2. The summed E-state index contributed by atoms with van der Waals surface area (Å²) in [5.41, 5.74) is 4.11. The van der Waals surface area contributed by atoms with Crippen LogP contribution in [0.15, 0.2) is 66.7 Å². The monoisotopic (exact) mass is 511 g/mol. The van der Waals surface area contributed by atoms with Gasteiger partial charge in [-0.15, -0.1) is 0 Å². The molecule has 7 heteroatoms. The molecule has 0 bridgehead atoms. The molecule has 2 aliphatic heterocycles. The van der Waals surface area contributed by atoms with E-state index in [0.29, 0.717) is 36.8 Å². The maximum absolute atomic E-state index is 13.1. The predicted octanol–water partition coefficient (Wildman–Crippen LogP) is 5.16. The molecule has 0 radical (unpaired) electrons. The van der Waals surface area contributed by atoms with Gasteiger partial charge >= 0.3 is 0 Å². The summed E-state index contributed by atoms with van der Waals surface area (Å²) in [6.07, 6.45) is 0.528. The van der Waals surface area contributed by atoms with Crippen molar-refractivity contribution in [2.75, 3.05) is 31.2 Å². The lowest BCUT2D eigenvalue weighted by Gasteiger charge is -2.40. The average molecular weight is 512 g/mol. The summed E-state index contributed by atoms with van der Waals surface area (Å²) in [5, 5.41) is 20.3. The molecule has 3 aromatic carbocycles. The Kier molecular flexibility index (Phi) is 7.77. The van der Waals surface area contributed by atoms with Crippen molar-refractivity contribution in [1.29, 1.82) is 0 Å². The van der Waals surface area contributed by atoms with E-state index < -0.39 is 6.10 Å². The van der Waals surface area contributed by atoms with Gasteiger partial charge in [0.05, 0.1) is 31.5 Å². The van der Waals surface area contributed by atoms with Gasteiger partial charge in [0.1, 0.15) is 11.6 Å². The van der Waals surface area contributed by atoms with Crippen LogP contribution in [0.1, 0.15) is 35.6 Å². The van der Waals surface area contributed by atoms with Crippen LogP contribution in [0.3, 0.4) is 0 Å². The van der Waals surface area contributed by atoms with Crippen molar-refractivity contribution < 1.29 is 24.1 Å². The lowest BCUT2D eigenvalue weighted by atomic mass is 9.94. The van der Waals surface area contributed by atoms with E-state index >= 15 is 0 Å². The first kappa shape index (κ1) is 25.0. The number of nitrogens with zero attached hydrogens (tertiary/aromatic N) is 1. The first-order valence-corrected chi connectivity index (χ1v) is 12.8. The maximum Gasteiger partial charge on any atom is 0.123 e. The van der Waals surface area contributed by atoms with Crippen LogP contribution in [-0.4, -0.2) is 48.7 Å². The lowest BCUT2D eigenvalue weighted by Crippen LogP contribution is -2.49. The molecule has 0 aromatic heterocycles. The first-order valence-electron chi connectivity index (χ1n) is 12.4. The van der Waals surface area contributed by atoms with E-state index in [1.165, 1.54) is 12.1 Å². The normalized spacial score (nSPS) is 22.3. The zero-order valence-electron chi connectivity index (χ0n) is 20.0. The molecule has 3 unspecified atom stereocenters. The van der Waals surface area contributed by atoms with Crippen LogP contribution >= 0.6 is 11.6 Å². The lowest BCUT2D eigenvalue weighted by molar-refractivity contribution is -0.113. The molecule has 0 aliphatic carbocycles. The number of benzene rings is 3. The smallest absolute Gasteiger partial charge is 0.123 e. The molecule has 0 saturated carbocycles. The zero-order valence-corrected chi connectivity index (χ0v) is 20.8. The van der Waals surface area contributed by atoms with Crippen LogP contribution < -0.4 is 9.64 Å². The second-order valence-corrected chi connectivity index (χ2v) is 10.2. The van der Waals surface area contributed by atoms with Gasteiger partial charge in [-0.2, -0.15) is 0 Å². The third kappa shape index (κ3) is 6.01. The van der Waals surface area contributed by atoms with Crippen LogP contribution in [0.5, 0.6) is 5.75 Å². The second-order valence-electron chi connectivity index (χ2n) is 9.78. The van der Waals surface area contributed by atoms with Crippen LogP contribution in [0.2, 0.25) is 5.02 Å². The summed E-state index contributed by atoms with van der Waals surface area (Å²) in [5.74, 6) is 1.06. The quantitative estimate of drug-likeness (QED) is 0.437. The first-order chi connectivity index (χ1) is 17.5. The van der Waals surface area contributed by atoms with Crippen molar-refractivity contribution in [1.82, 2.24) is 0 Å². The van der Waals surface area contributed by atoms with E-state index in [-0.39, 0.29) is 24.6 Å². The molecule has 2 heterocycles. The molecule has 3 atom stereocenters. The Morgan fingerprint density at radius 3 is 2.47 bits per heavy atom. The number of halogens is 2. The van der Waals surface area contributed by atoms with Gasteiger partial charge in [-0.3, -0.25) is 0 Å². The number of hydrogen-bond donors (Lipinski definition) is 2. The van der Waals surface area contributed by atoms with Gasteiger partial charge in [0.2, 0.25) is 0 Å². The topological polar surface area (TPSA) is 62.2 Å². The van der Waals surface area contributed by atoms with Crippen LogP contribution in [0.25, 0.3) is 0 Å². The van der Waals surface area contributed by atoms with Crippen LogP contribution in [-0.2, 0) is 11.2 Å². The number of aliphatic hydroxyl groups excluding tert-OH is 2. The minimum atomic E-state index is -0.488. The third-order valence-electron chi connectivity index (χ3n) is 6.98. The minimum Gasteiger partial charge on any atom is -0.493 e. The molecular formula is C29H31ClFNO4. The summed E-state index contributed by atoms with van der Waals surface area (Å²) in [6, 6.07) is 20.5. The number of aliphatic hydroxyl groups is 2. The Morgan fingerprint density at radius 1 is 1.00 bits per heavy atom. The van der Waals surface area contributed by atoms with E-state index in [1.807, 2.05) is 54.6 Å². The summed E-state index contributed by atoms with van der Waals surface area (Å²) in [7, 11) is 0. The third-order valence-corrected chi connectivity index (χ3v) is 7.34. The Bertz CT molecular complexity index is 1150. The molecule has 2 aliphatic rings. The van der Waals surface area contributed by atoms with Crippen molar-refractivity contribution >= 4 is 17.3 Å². The average Bonchev–Trinajstić information content (AvgIpc) is 2.86. The highest BCUT2D eigenvalue weighted by Crippen LogP contribution is 2.34. The van der Waals surface area contributed by atoms with Crippen molar-refractivity contribution in [3.63, 3.8) is 0 Å². The molecule has 190 valence electrons. The van der Waals surface area contributed by atoms with Gasteiger partial charge in [0.25, 0.3) is 0 Å². The van der Waals surface area contributed by atoms with Gasteiger partial charge in [-0.25, -0.2) is 4.39 Å². The zero-order chi connectivity index (χ0) is 25.1. The Morgan fingerprint density at radius 2 is 1.75 bits per heavy atom. The van der Waals surface area contributed by atoms with Crippen molar-refractivity contribution in [3.05, 3.63) is 94.3 Å². The fourth-order valence-electron chi connectivity index (χ4n) is 4.93. The molecule has 5 rings (SSSR count). The summed E-state index contributed by atoms with van der Waals surface area (Å²) < 4.78 is 25.1. The number of hydrogen-bond acceptors (Lipinski definition) is 5. The van der Waals surface area contributed by atoms with E-state index in [9.17, 15) is 14.6 Å². The molecule has 36 heavy (non-hydrogen) atoms. The van der Waals surface area contributed by atoms with Gasteiger partial charge in [-0.05, 0) is 65.6 Å². The van der Waals surface area contributed by atoms with Crippen LogP contribution in [0, 0.1) is 11.7 Å². The molecule has 3 aromatic rings. The number of ether oxygens (including phenoxy) is 2. The SMILES string of the molecule is OCC1CC(O)CC(c2ccc(Cl)c(Cc3ccc(OCC4CN(c5ccc(F)cc5)C4)cc3)c2)O1. The van der Waals surface area contributed by atoms with Gasteiger partial charge < -0.3 is 24.6 Å². The van der Waals surface area contributed by atoms with E-state index in [2.05, 4.69) is 4.90 Å². The fraction of sp³-hybridized carbons (Fsp3) is 0.379. The maximum atomic E-state index is 13.1. The summed E-state index contributed by atoms with van der Waals surface area (Å²) in [6.45, 7) is 2.35. The fourth-order valence-corrected chi connectivity index (χ4v) is 5.11. The minimum absolute atomic E-state index is 0.102. The Labute approximate surface area is 216 Å². The molecule has 2 fully saturated rings. The number of rotatable bonds is 8. The van der Waals surface area contributed by atoms with Gasteiger partial charge in [0, 0.05) is 42.6 Å². The standard InChI is InChI=1S/C29H31ClFNO4/c30-28-10-3-21(29-14-25(34)13-27(17-33)36-29)12-22(28)11-19-1-8-26(9-2-19)35-18-20-15-32(16-20)24-6-4-23(31)5-7-24/h1-10,12,20,25,27,29,33-34H,11,13-18H2. The summed E-state index contributed by atoms with van der Waals surface area (Å²) in [4.78, 5) is 2.22. The largest absolute Gasteiger partial charge is 0.493 e. The molecular weight excluding hydrogens is 481 g/mol. The summed E-state index contributed by atoms with van der Waals surface area (Å²) >= 11 is 6.49. The highest BCUT2D eigenvalue weighted by molar-refractivity contribution is 6.31. The Hall–Kier alpha value is -2.64. The van der Waals surface area contributed by atoms with Crippen LogP contribution in [0.4, 0.5) is 10.1 Å². The number of anilines is 1. The highest BCUT2D eigenvalue weighted by Gasteiger charge is 2.29. The molecule has 0 amide bonds.